The minimum Gasteiger partial charge on any atom is -0.442 e. The third-order valence-corrected chi connectivity index (χ3v) is 5.23. The van der Waals surface area contributed by atoms with Gasteiger partial charge in [-0.05, 0) is 35.1 Å². The van der Waals surface area contributed by atoms with Gasteiger partial charge in [-0.1, -0.05) is 24.3 Å². The Morgan fingerprint density at radius 1 is 1.33 bits per heavy atom. The number of benzene rings is 2. The summed E-state index contributed by atoms with van der Waals surface area (Å²) < 4.78 is 19.9. The predicted molar refractivity (Wildman–Crippen MR) is 105 cm³/mol. The van der Waals surface area contributed by atoms with Crippen LogP contribution in [0.25, 0.3) is 11.1 Å². The van der Waals surface area contributed by atoms with Crippen molar-refractivity contribution in [3.63, 3.8) is 0 Å². The second kappa shape index (κ2) is 8.79. The fourth-order valence-corrected chi connectivity index (χ4v) is 3.84. The average Bonchev–Trinajstić information content (AvgIpc) is 3.02. The first-order valence-corrected chi connectivity index (χ1v) is 10.9. The minimum atomic E-state index is -0.545. The summed E-state index contributed by atoms with van der Waals surface area (Å²) in [7, 11) is 1.65. The van der Waals surface area contributed by atoms with Crippen LogP contribution in [0, 0.1) is 5.82 Å². The number of ether oxygens (including phenoxy) is 1. The maximum atomic E-state index is 14.7. The maximum absolute atomic E-state index is 14.7. The van der Waals surface area contributed by atoms with Crippen molar-refractivity contribution in [2.75, 3.05) is 18.0 Å². The van der Waals surface area contributed by atoms with E-state index in [-0.39, 0.29) is 19.0 Å². The van der Waals surface area contributed by atoms with Gasteiger partial charge >= 0.3 is 6.09 Å². The number of anilines is 1. The molecule has 0 aromatic heterocycles. The lowest BCUT2D eigenvalue weighted by molar-refractivity contribution is -0.119. The number of nitrogens with one attached hydrogen (secondary N) is 1. The number of carbonyl (C=O) groups excluding carboxylic acids is 2. The molecule has 1 saturated heterocycles. The largest absolute Gasteiger partial charge is 0.442 e. The SMILES string of the molecule is CC(=O)NC[C@H]1CN(c2ccc(-c3ccc(C[S][Al])cc3)c(F)c2)C(=O)O1. The Bertz CT molecular complexity index is 847. The molecule has 27 heavy (non-hydrogen) atoms. The lowest BCUT2D eigenvalue weighted by Crippen LogP contribution is -2.33. The lowest BCUT2D eigenvalue weighted by Gasteiger charge is -2.14. The van der Waals surface area contributed by atoms with Crippen LogP contribution >= 0.6 is 10.1 Å². The normalized spacial score (nSPS) is 16.3. The van der Waals surface area contributed by atoms with E-state index in [9.17, 15) is 14.0 Å². The molecule has 0 aliphatic carbocycles. The molecule has 1 N–H and O–H groups in total. The monoisotopic (exact) mass is 400 g/mol. The Balaban J connectivity index is 1.74. The highest BCUT2D eigenvalue weighted by Crippen LogP contribution is 2.29. The van der Waals surface area contributed by atoms with Crippen molar-refractivity contribution in [2.24, 2.45) is 0 Å². The van der Waals surface area contributed by atoms with Crippen LogP contribution in [0.15, 0.2) is 42.5 Å². The van der Waals surface area contributed by atoms with Gasteiger partial charge in [0, 0.05) is 12.5 Å². The van der Waals surface area contributed by atoms with E-state index in [0.29, 0.717) is 11.3 Å². The number of amides is 2. The predicted octanol–water partition coefficient (Wildman–Crippen LogP) is 3.27. The minimum absolute atomic E-state index is 0.192. The first-order chi connectivity index (χ1) is 13.0. The van der Waals surface area contributed by atoms with Crippen LogP contribution in [-0.4, -0.2) is 46.4 Å². The van der Waals surface area contributed by atoms with Crippen molar-refractivity contribution in [3.8, 4) is 11.1 Å². The zero-order valence-electron chi connectivity index (χ0n) is 14.8. The molecule has 1 heterocycles. The summed E-state index contributed by atoms with van der Waals surface area (Å²) in [6.07, 6.45) is -0.997. The molecule has 0 spiro atoms. The van der Waals surface area contributed by atoms with Gasteiger partial charge in [-0.15, -0.1) is 0 Å². The molecule has 1 fully saturated rings. The standard InChI is InChI=1S/C19H19FN2O3S.Al/c1-12(23)21-9-16-10-22(19(24)25-16)15-6-7-17(18(20)8-15)14-4-2-13(11-26)3-5-14;/h2-8,16,26H,9-11H2,1H3,(H,21,23);/q;+1/p-1/t16-;/m0./s1. The van der Waals surface area contributed by atoms with Gasteiger partial charge < -0.3 is 10.1 Å². The summed E-state index contributed by atoms with van der Waals surface area (Å²) >= 11 is 2.61. The quantitative estimate of drug-likeness (QED) is 0.757. The van der Waals surface area contributed by atoms with Crippen LogP contribution < -0.4 is 10.2 Å². The van der Waals surface area contributed by atoms with Crippen molar-refractivity contribution in [3.05, 3.63) is 53.8 Å². The van der Waals surface area contributed by atoms with Gasteiger partial charge in [-0.3, -0.25) is 19.8 Å². The van der Waals surface area contributed by atoms with Crippen molar-refractivity contribution in [2.45, 2.75) is 18.8 Å². The lowest BCUT2D eigenvalue weighted by atomic mass is 10.0. The molecule has 1 aliphatic rings. The molecule has 2 aromatic rings. The molecule has 2 aromatic carbocycles. The zero-order chi connectivity index (χ0) is 19.4. The summed E-state index contributed by atoms with van der Waals surface area (Å²) in [5.41, 5.74) is 2.86. The number of rotatable bonds is 6. The molecule has 2 amide bonds. The van der Waals surface area contributed by atoms with Crippen molar-refractivity contribution in [1.82, 2.24) is 5.32 Å². The first kappa shape index (κ1) is 19.7. The van der Waals surface area contributed by atoms with Gasteiger partial charge in [0.2, 0.25) is 21.1 Å². The third kappa shape index (κ3) is 4.83. The molecule has 1 aliphatic heterocycles. The maximum Gasteiger partial charge on any atom is 0.414 e. The molecule has 1 atom stereocenters. The van der Waals surface area contributed by atoms with Crippen LogP contribution in [0.3, 0.4) is 0 Å². The summed E-state index contributed by atoms with van der Waals surface area (Å²) in [5.74, 6) is 0.282. The van der Waals surface area contributed by atoms with E-state index in [1.165, 1.54) is 23.5 Å². The molecule has 0 saturated carbocycles. The van der Waals surface area contributed by atoms with Gasteiger partial charge in [0.25, 0.3) is 0 Å². The molecule has 5 nitrogen and oxygen atoms in total. The molecule has 3 rings (SSSR count). The highest BCUT2D eigenvalue weighted by molar-refractivity contribution is 8.19. The Labute approximate surface area is 168 Å². The Morgan fingerprint density at radius 3 is 2.70 bits per heavy atom. The zero-order valence-corrected chi connectivity index (χ0v) is 16.7. The number of hydrogen-bond acceptors (Lipinski definition) is 4. The van der Waals surface area contributed by atoms with Crippen LogP contribution in [0.1, 0.15) is 12.5 Å². The average molecular weight is 400 g/mol. The molecule has 138 valence electrons. The Morgan fingerprint density at radius 2 is 2.07 bits per heavy atom. The second-order valence-corrected chi connectivity index (χ2v) is 7.85. The fourth-order valence-electron chi connectivity index (χ4n) is 2.88. The Hall–Kier alpha value is -2.01. The molecular weight excluding hydrogens is 382 g/mol. The molecule has 8 heteroatoms. The van der Waals surface area contributed by atoms with Crippen LogP contribution in [0.4, 0.5) is 14.9 Å². The number of nitrogens with zero attached hydrogens (tertiary/aromatic N) is 1. The first-order valence-electron chi connectivity index (χ1n) is 8.41. The van der Waals surface area contributed by atoms with Gasteiger partial charge in [-0.2, -0.15) is 0 Å². The van der Waals surface area contributed by atoms with Crippen molar-refractivity contribution in [1.29, 1.82) is 0 Å². The van der Waals surface area contributed by atoms with Crippen molar-refractivity contribution < 1.29 is 18.7 Å². The van der Waals surface area contributed by atoms with Gasteiger partial charge in [0.05, 0.1) is 18.8 Å². The van der Waals surface area contributed by atoms with E-state index < -0.39 is 18.0 Å². The molecular formula is C19H18AlFN2O3S. The summed E-state index contributed by atoms with van der Waals surface area (Å²) in [5, 5.41) is 2.62. The van der Waals surface area contributed by atoms with Crippen LogP contribution in [0.5, 0.6) is 0 Å². The van der Waals surface area contributed by atoms with Crippen LogP contribution in [0.2, 0.25) is 0 Å². The van der Waals surface area contributed by atoms with E-state index in [1.807, 2.05) is 24.3 Å². The fraction of sp³-hybridized carbons (Fsp3) is 0.263. The highest BCUT2D eigenvalue weighted by Gasteiger charge is 2.32. The second-order valence-electron chi connectivity index (χ2n) is 6.23. The van der Waals surface area contributed by atoms with Gasteiger partial charge in [0.1, 0.15) is 11.9 Å². The van der Waals surface area contributed by atoms with E-state index in [0.717, 1.165) is 11.3 Å². The van der Waals surface area contributed by atoms with E-state index in [1.54, 1.807) is 22.3 Å². The highest BCUT2D eigenvalue weighted by atomic mass is 32.3. The van der Waals surface area contributed by atoms with Gasteiger partial charge in [-0.25, -0.2) is 9.18 Å². The smallest absolute Gasteiger partial charge is 0.414 e. The van der Waals surface area contributed by atoms with E-state index in [2.05, 4.69) is 20.5 Å². The summed E-state index contributed by atoms with van der Waals surface area (Å²) in [6.45, 7) is 1.90. The number of cyclic esters (lactones) is 1. The van der Waals surface area contributed by atoms with Crippen molar-refractivity contribution >= 4 is 43.0 Å². The van der Waals surface area contributed by atoms with E-state index >= 15 is 0 Å². The molecule has 0 unspecified atom stereocenters. The van der Waals surface area contributed by atoms with Gasteiger partial charge in [0.15, 0.2) is 0 Å². The summed E-state index contributed by atoms with van der Waals surface area (Å²) in [6, 6.07) is 12.4. The third-order valence-electron chi connectivity index (χ3n) is 4.23. The summed E-state index contributed by atoms with van der Waals surface area (Å²) in [4.78, 5) is 24.4. The van der Waals surface area contributed by atoms with Crippen LogP contribution in [-0.2, 0) is 15.3 Å². The van der Waals surface area contributed by atoms with E-state index in [4.69, 9.17) is 4.74 Å². The molecule has 2 radical (unpaired) electrons. The number of carbonyl (C=O) groups is 2. The Kier molecular flexibility index (Phi) is 6.43. The topological polar surface area (TPSA) is 58.6 Å². The molecule has 0 bridgehead atoms. The number of halogens is 1. The number of hydrogen-bond donors (Lipinski definition) is 1.